The van der Waals surface area contributed by atoms with Crippen LogP contribution in [0.3, 0.4) is 0 Å². The molecule has 0 bridgehead atoms. The minimum atomic E-state index is -0.324. The lowest BCUT2D eigenvalue weighted by Crippen LogP contribution is -2.16. The Morgan fingerprint density at radius 2 is 2.67 bits per heavy atom. The van der Waals surface area contributed by atoms with E-state index in [1.165, 1.54) is 0 Å². The van der Waals surface area contributed by atoms with E-state index in [2.05, 4.69) is 16.1 Å². The van der Waals surface area contributed by atoms with Crippen molar-refractivity contribution in [3.05, 3.63) is 0 Å². The first-order valence-electron chi connectivity index (χ1n) is 1.42. The highest BCUT2D eigenvalue weighted by molar-refractivity contribution is 6.26. The molecule has 0 aromatic carbocycles. The summed E-state index contributed by atoms with van der Waals surface area (Å²) in [7, 11) is 0. The molecular weight excluding hydrogens is 82.0 g/mol. The third-order valence-corrected chi connectivity index (χ3v) is 0.393. The van der Waals surface area contributed by atoms with Gasteiger partial charge in [-0.1, -0.05) is 0 Å². The Morgan fingerprint density at radius 3 is 2.83 bits per heavy atom. The Morgan fingerprint density at radius 1 is 1.83 bits per heavy atom. The number of hydrogen-bond donors (Lipinski definition) is 1. The van der Waals surface area contributed by atoms with Crippen LogP contribution >= 0.6 is 0 Å². The van der Waals surface area contributed by atoms with E-state index in [4.69, 9.17) is 0 Å². The maximum absolute atomic E-state index is 9.86. The molecule has 4 nitrogen and oxygen atoms in total. The Kier molecular flexibility index (Phi) is 0.506. The van der Waals surface area contributed by atoms with Gasteiger partial charge in [-0.15, -0.1) is 5.43 Å². The summed E-state index contributed by atoms with van der Waals surface area (Å²) in [4.78, 5) is 9.86. The van der Waals surface area contributed by atoms with E-state index < -0.39 is 0 Å². The summed E-state index contributed by atoms with van der Waals surface area (Å²) in [6.07, 6.45) is 1.11. The maximum atomic E-state index is 9.86. The monoisotopic (exact) mass is 84.0 g/mol. The third-order valence-electron chi connectivity index (χ3n) is 0.393. The molecule has 0 spiro atoms. The SMILES string of the molecule is O=C1C=NN[N]1. The van der Waals surface area contributed by atoms with E-state index in [9.17, 15) is 4.79 Å². The van der Waals surface area contributed by atoms with Gasteiger partial charge in [0, 0.05) is 0 Å². The Hall–Kier alpha value is -1.06. The zero-order valence-electron chi connectivity index (χ0n) is 2.88. The van der Waals surface area contributed by atoms with Gasteiger partial charge >= 0.3 is 5.91 Å². The zero-order chi connectivity index (χ0) is 4.41. The fourth-order valence-electron chi connectivity index (χ4n) is 0.191. The Labute approximate surface area is 34.2 Å². The van der Waals surface area contributed by atoms with E-state index in [-0.39, 0.29) is 5.91 Å². The smallest absolute Gasteiger partial charge is 0.264 e. The predicted octanol–water partition coefficient (Wildman–Crippen LogP) is -1.38. The second-order valence-corrected chi connectivity index (χ2v) is 0.808. The first-order chi connectivity index (χ1) is 2.89. The summed E-state index contributed by atoms with van der Waals surface area (Å²) >= 11 is 0. The molecule has 1 heterocycles. The van der Waals surface area contributed by atoms with Crippen LogP contribution in [0.15, 0.2) is 5.10 Å². The largest absolute Gasteiger partial charge is 0.307 e. The van der Waals surface area contributed by atoms with E-state index >= 15 is 0 Å². The number of hydrogen-bond acceptors (Lipinski definition) is 3. The summed E-state index contributed by atoms with van der Waals surface area (Å²) in [5.41, 5.74) is 5.24. The Balaban J connectivity index is 2.59. The lowest BCUT2D eigenvalue weighted by molar-refractivity contribution is -0.114. The number of carbonyl (C=O) groups is 1. The molecule has 0 unspecified atom stereocenters. The standard InChI is InChI=1S/C2H2N3O/c6-2-1-3-5-4-2/h1,5H. The molecule has 0 saturated heterocycles. The summed E-state index contributed by atoms with van der Waals surface area (Å²) in [6.45, 7) is 0. The van der Waals surface area contributed by atoms with Gasteiger partial charge in [0.2, 0.25) is 0 Å². The highest BCUT2D eigenvalue weighted by Crippen LogP contribution is 1.66. The van der Waals surface area contributed by atoms with E-state index in [1.807, 2.05) is 0 Å². The van der Waals surface area contributed by atoms with Crippen molar-refractivity contribution < 1.29 is 4.79 Å². The normalized spacial score (nSPS) is 17.0. The van der Waals surface area contributed by atoms with E-state index in [1.54, 1.807) is 0 Å². The average Bonchev–Trinajstić information content (AvgIpc) is 1.86. The van der Waals surface area contributed by atoms with Crippen molar-refractivity contribution >= 4 is 12.1 Å². The molecule has 1 radical (unpaired) electrons. The van der Waals surface area contributed by atoms with Crippen molar-refractivity contribution in [2.45, 2.75) is 0 Å². The maximum Gasteiger partial charge on any atom is 0.307 e. The predicted molar refractivity (Wildman–Crippen MR) is 18.8 cm³/mol. The van der Waals surface area contributed by atoms with Gasteiger partial charge in [0.05, 0.1) is 0 Å². The number of rotatable bonds is 0. The van der Waals surface area contributed by atoms with Crippen LogP contribution < -0.4 is 11.0 Å². The van der Waals surface area contributed by atoms with Crippen LogP contribution in [-0.4, -0.2) is 12.1 Å². The quantitative estimate of drug-likeness (QED) is 0.393. The van der Waals surface area contributed by atoms with Crippen LogP contribution in [0.25, 0.3) is 0 Å². The van der Waals surface area contributed by atoms with Crippen molar-refractivity contribution in [2.24, 2.45) is 5.10 Å². The van der Waals surface area contributed by atoms with Crippen LogP contribution in [-0.2, 0) is 4.79 Å². The second kappa shape index (κ2) is 0.965. The van der Waals surface area contributed by atoms with Crippen molar-refractivity contribution in [1.29, 1.82) is 0 Å². The molecule has 0 fully saturated rings. The number of nitrogens with zero attached hydrogens (tertiary/aromatic N) is 2. The first kappa shape index (κ1) is 3.14. The van der Waals surface area contributed by atoms with Crippen LogP contribution in [0.1, 0.15) is 0 Å². The van der Waals surface area contributed by atoms with Crippen molar-refractivity contribution in [3.8, 4) is 0 Å². The van der Waals surface area contributed by atoms with Gasteiger partial charge in [0.15, 0.2) is 0 Å². The molecule has 1 rings (SSSR count). The lowest BCUT2D eigenvalue weighted by atomic mass is 10.7. The minimum Gasteiger partial charge on any atom is -0.264 e. The topological polar surface area (TPSA) is 55.6 Å². The number of amides is 1. The molecule has 31 valence electrons. The van der Waals surface area contributed by atoms with E-state index in [0.717, 1.165) is 6.21 Å². The molecule has 1 aliphatic rings. The highest BCUT2D eigenvalue weighted by Gasteiger charge is 2.00. The second-order valence-electron chi connectivity index (χ2n) is 0.808. The van der Waals surface area contributed by atoms with Crippen LogP contribution in [0.4, 0.5) is 0 Å². The minimum absolute atomic E-state index is 0.324. The summed E-state index contributed by atoms with van der Waals surface area (Å²) in [5.74, 6) is -0.324. The molecule has 0 aliphatic carbocycles. The molecule has 6 heavy (non-hydrogen) atoms. The van der Waals surface area contributed by atoms with Gasteiger partial charge in [-0.25, -0.2) is 0 Å². The summed E-state index contributed by atoms with van der Waals surface area (Å²) in [6, 6.07) is 0. The van der Waals surface area contributed by atoms with Gasteiger partial charge in [-0.2, -0.15) is 10.6 Å². The summed E-state index contributed by atoms with van der Waals surface area (Å²) in [5, 5.41) is 3.27. The fourth-order valence-corrected chi connectivity index (χ4v) is 0.191. The molecule has 0 saturated carbocycles. The molecule has 0 aromatic rings. The van der Waals surface area contributed by atoms with Crippen molar-refractivity contribution in [1.82, 2.24) is 11.0 Å². The molecule has 4 heteroatoms. The lowest BCUT2D eigenvalue weighted by Gasteiger charge is -1.76. The van der Waals surface area contributed by atoms with E-state index in [0.29, 0.717) is 0 Å². The van der Waals surface area contributed by atoms with Crippen LogP contribution in [0.5, 0.6) is 0 Å². The van der Waals surface area contributed by atoms with Crippen LogP contribution in [0, 0.1) is 0 Å². The molecule has 0 atom stereocenters. The average molecular weight is 84.1 g/mol. The number of hydrazone groups is 1. The first-order valence-corrected chi connectivity index (χ1v) is 1.42. The Bertz CT molecular complexity index is 97.0. The molecule has 1 amide bonds. The van der Waals surface area contributed by atoms with Gasteiger partial charge in [0.1, 0.15) is 6.21 Å². The highest BCUT2D eigenvalue weighted by atomic mass is 16.2. The van der Waals surface area contributed by atoms with Gasteiger partial charge in [-0.05, 0) is 0 Å². The summed E-state index contributed by atoms with van der Waals surface area (Å²) < 4.78 is 0. The van der Waals surface area contributed by atoms with Gasteiger partial charge in [0.25, 0.3) is 0 Å². The van der Waals surface area contributed by atoms with Gasteiger partial charge in [-0.3, -0.25) is 4.79 Å². The van der Waals surface area contributed by atoms with Crippen LogP contribution in [0.2, 0.25) is 0 Å². The molecule has 1 N–H and O–H groups in total. The zero-order valence-corrected chi connectivity index (χ0v) is 2.88. The van der Waals surface area contributed by atoms with Crippen molar-refractivity contribution in [3.63, 3.8) is 0 Å². The molecule has 0 aromatic heterocycles. The fraction of sp³-hybridized carbons (Fsp3) is 0. The van der Waals surface area contributed by atoms with Gasteiger partial charge < -0.3 is 0 Å². The molecule has 1 aliphatic heterocycles. The number of nitrogens with one attached hydrogen (secondary N) is 1. The number of carbonyl (C=O) groups excluding carboxylic acids is 1. The third kappa shape index (κ3) is 0.314. The van der Waals surface area contributed by atoms with Crippen molar-refractivity contribution in [2.75, 3.05) is 0 Å². The molecular formula is C2H2N3O.